The topological polar surface area (TPSA) is 53.4 Å². The van der Waals surface area contributed by atoms with Gasteiger partial charge in [-0.05, 0) is 52.0 Å². The van der Waals surface area contributed by atoms with E-state index < -0.39 is 0 Å². The van der Waals surface area contributed by atoms with Gasteiger partial charge < -0.3 is 10.2 Å². The molecule has 0 fully saturated rings. The van der Waals surface area contributed by atoms with Crippen molar-refractivity contribution in [1.29, 1.82) is 0 Å². The number of hydrogen-bond donors (Lipinski definition) is 1. The molecule has 8 heteroatoms. The van der Waals surface area contributed by atoms with Crippen LogP contribution in [0.25, 0.3) is 5.69 Å². The van der Waals surface area contributed by atoms with Crippen molar-refractivity contribution in [2.24, 2.45) is 0 Å². The summed E-state index contributed by atoms with van der Waals surface area (Å²) >= 11 is 0. The Kier molecular flexibility index (Phi) is 7.21. The minimum atomic E-state index is -0.360. The molecule has 0 saturated carbocycles. The van der Waals surface area contributed by atoms with Crippen molar-refractivity contribution in [3.8, 4) is 5.69 Å². The number of aromatic nitrogens is 2. The van der Waals surface area contributed by atoms with Gasteiger partial charge in [0.15, 0.2) is 0 Å². The first-order chi connectivity index (χ1) is 16.6. The molecule has 35 heavy (non-hydrogen) atoms. The van der Waals surface area contributed by atoms with Gasteiger partial charge in [-0.2, -0.15) is 5.10 Å². The summed E-state index contributed by atoms with van der Waals surface area (Å²) in [6.45, 7) is 10.4. The maximum Gasteiger partial charge on any atom is 0.318 e. The standard InChI is InChI=1S/C27H33F2N5O/c1-5-33(26(35)30-27(2,3)4)18-24-22-17-32(16-19-9-6-7-12-23(19)29)14-13-25(22)34(31-24)21-11-8-10-20(28)15-21/h6-12,15H,5,13-14,16-18H2,1-4H3,(H,30,35). The van der Waals surface area contributed by atoms with E-state index in [9.17, 15) is 13.6 Å². The number of hydrogen-bond acceptors (Lipinski definition) is 3. The normalized spacial score (nSPS) is 14.0. The highest BCUT2D eigenvalue weighted by molar-refractivity contribution is 5.75. The van der Waals surface area contributed by atoms with Gasteiger partial charge in [0.25, 0.3) is 0 Å². The molecule has 1 N–H and O–H groups in total. The Morgan fingerprint density at radius 3 is 2.60 bits per heavy atom. The quantitative estimate of drug-likeness (QED) is 0.537. The highest BCUT2D eigenvalue weighted by Gasteiger charge is 2.28. The molecule has 0 spiro atoms. The van der Waals surface area contributed by atoms with Gasteiger partial charge >= 0.3 is 6.03 Å². The molecular weight excluding hydrogens is 448 g/mol. The van der Waals surface area contributed by atoms with Crippen LogP contribution in [0.2, 0.25) is 0 Å². The fraction of sp³-hybridized carbons (Fsp3) is 0.407. The van der Waals surface area contributed by atoms with Crippen LogP contribution >= 0.6 is 0 Å². The molecule has 0 saturated heterocycles. The second-order valence-corrected chi connectivity index (χ2v) is 10.0. The van der Waals surface area contributed by atoms with E-state index in [1.165, 1.54) is 18.2 Å². The third-order valence-corrected chi connectivity index (χ3v) is 6.12. The first-order valence-electron chi connectivity index (χ1n) is 12.0. The van der Waals surface area contributed by atoms with Crippen LogP contribution in [0.3, 0.4) is 0 Å². The number of halogens is 2. The maximum atomic E-state index is 14.3. The lowest BCUT2D eigenvalue weighted by Crippen LogP contribution is -2.48. The second kappa shape index (κ2) is 10.2. The lowest BCUT2D eigenvalue weighted by Gasteiger charge is -2.29. The molecule has 6 nitrogen and oxygen atoms in total. The lowest BCUT2D eigenvalue weighted by molar-refractivity contribution is 0.187. The highest BCUT2D eigenvalue weighted by atomic mass is 19.1. The van der Waals surface area contributed by atoms with Gasteiger partial charge in [-0.1, -0.05) is 24.3 Å². The lowest BCUT2D eigenvalue weighted by atomic mass is 10.0. The minimum absolute atomic E-state index is 0.159. The van der Waals surface area contributed by atoms with Crippen LogP contribution in [0.1, 0.15) is 50.2 Å². The number of nitrogens with one attached hydrogen (secondary N) is 1. The fourth-order valence-electron chi connectivity index (χ4n) is 4.40. The largest absolute Gasteiger partial charge is 0.333 e. The number of fused-ring (bicyclic) bond motifs is 1. The summed E-state index contributed by atoms with van der Waals surface area (Å²) in [7, 11) is 0. The van der Waals surface area contributed by atoms with Gasteiger partial charge in [-0.15, -0.1) is 0 Å². The zero-order valence-electron chi connectivity index (χ0n) is 20.8. The number of benzene rings is 2. The van der Waals surface area contributed by atoms with Crippen molar-refractivity contribution < 1.29 is 13.6 Å². The first-order valence-corrected chi connectivity index (χ1v) is 12.0. The summed E-state index contributed by atoms with van der Waals surface area (Å²) in [5.74, 6) is -0.546. The van der Waals surface area contributed by atoms with E-state index in [0.717, 1.165) is 23.5 Å². The van der Waals surface area contributed by atoms with Crippen LogP contribution in [-0.4, -0.2) is 44.2 Å². The van der Waals surface area contributed by atoms with Gasteiger partial charge in [-0.25, -0.2) is 18.3 Å². The molecule has 4 rings (SSSR count). The number of rotatable bonds is 6. The van der Waals surface area contributed by atoms with Crippen LogP contribution in [0.15, 0.2) is 48.5 Å². The average Bonchev–Trinajstić information content (AvgIpc) is 3.15. The van der Waals surface area contributed by atoms with E-state index in [-0.39, 0.29) is 23.2 Å². The van der Waals surface area contributed by atoms with E-state index in [1.807, 2.05) is 39.8 Å². The zero-order valence-corrected chi connectivity index (χ0v) is 20.8. The van der Waals surface area contributed by atoms with Crippen LogP contribution in [0.5, 0.6) is 0 Å². The van der Waals surface area contributed by atoms with E-state index in [0.29, 0.717) is 43.9 Å². The average molecular weight is 482 g/mol. The SMILES string of the molecule is CCN(Cc1nn(-c2cccc(F)c2)c2c1CN(Cc1ccccc1F)CC2)C(=O)NC(C)(C)C. The van der Waals surface area contributed by atoms with Gasteiger partial charge in [0.05, 0.1) is 23.6 Å². The van der Waals surface area contributed by atoms with E-state index >= 15 is 0 Å². The summed E-state index contributed by atoms with van der Waals surface area (Å²) in [4.78, 5) is 16.8. The molecule has 2 aromatic carbocycles. The van der Waals surface area contributed by atoms with Gasteiger partial charge in [0.1, 0.15) is 11.6 Å². The molecule has 3 aromatic rings. The Morgan fingerprint density at radius 1 is 1.14 bits per heavy atom. The van der Waals surface area contributed by atoms with Gasteiger partial charge in [0.2, 0.25) is 0 Å². The Labute approximate surface area is 205 Å². The molecule has 0 unspecified atom stereocenters. The van der Waals surface area contributed by atoms with Gasteiger partial charge in [-0.3, -0.25) is 4.90 Å². The number of urea groups is 1. The molecular formula is C27H33F2N5O. The molecule has 0 aliphatic carbocycles. The molecule has 2 amide bonds. The Morgan fingerprint density at radius 2 is 1.91 bits per heavy atom. The minimum Gasteiger partial charge on any atom is -0.333 e. The summed E-state index contributed by atoms with van der Waals surface area (Å²) in [5, 5.41) is 7.87. The van der Waals surface area contributed by atoms with Gasteiger partial charge in [0, 0.05) is 49.3 Å². The monoisotopic (exact) mass is 481 g/mol. The number of carbonyl (C=O) groups is 1. The van der Waals surface area contributed by atoms with E-state index in [4.69, 9.17) is 5.10 Å². The number of nitrogens with zero attached hydrogens (tertiary/aromatic N) is 4. The van der Waals surface area contributed by atoms with Crippen molar-refractivity contribution in [2.45, 2.75) is 59.3 Å². The van der Waals surface area contributed by atoms with Crippen molar-refractivity contribution in [1.82, 2.24) is 24.9 Å². The smallest absolute Gasteiger partial charge is 0.318 e. The Balaban J connectivity index is 1.67. The summed E-state index contributed by atoms with van der Waals surface area (Å²) in [5.41, 5.74) is 3.73. The Hall–Kier alpha value is -3.26. The molecule has 186 valence electrons. The zero-order chi connectivity index (χ0) is 25.2. The van der Waals surface area contributed by atoms with Crippen molar-refractivity contribution >= 4 is 6.03 Å². The Bertz CT molecular complexity index is 1200. The summed E-state index contributed by atoms with van der Waals surface area (Å²) in [6.07, 6.45) is 0.688. The summed E-state index contributed by atoms with van der Waals surface area (Å²) in [6, 6.07) is 13.0. The third kappa shape index (κ3) is 5.88. The molecule has 1 aromatic heterocycles. The van der Waals surface area contributed by atoms with Crippen LogP contribution in [0.4, 0.5) is 13.6 Å². The van der Waals surface area contributed by atoms with Crippen molar-refractivity contribution in [3.63, 3.8) is 0 Å². The number of carbonyl (C=O) groups excluding carboxylic acids is 1. The predicted octanol–water partition coefficient (Wildman–Crippen LogP) is 5.04. The van der Waals surface area contributed by atoms with Crippen LogP contribution in [0, 0.1) is 11.6 Å². The first kappa shape index (κ1) is 24.9. The fourth-order valence-corrected chi connectivity index (χ4v) is 4.40. The molecule has 2 heterocycles. The van der Waals surface area contributed by atoms with E-state index in [2.05, 4.69) is 10.2 Å². The third-order valence-electron chi connectivity index (χ3n) is 6.12. The highest BCUT2D eigenvalue weighted by Crippen LogP contribution is 2.28. The predicted molar refractivity (Wildman–Crippen MR) is 132 cm³/mol. The van der Waals surface area contributed by atoms with Crippen LogP contribution < -0.4 is 5.32 Å². The molecule has 1 aliphatic rings. The van der Waals surface area contributed by atoms with Crippen molar-refractivity contribution in [3.05, 3.63) is 82.7 Å². The molecule has 0 atom stereocenters. The molecule has 0 bridgehead atoms. The van der Waals surface area contributed by atoms with Crippen LogP contribution in [-0.2, 0) is 26.1 Å². The molecule has 1 aliphatic heterocycles. The van der Waals surface area contributed by atoms with E-state index in [1.54, 1.807) is 27.8 Å². The summed E-state index contributed by atoms with van der Waals surface area (Å²) < 4.78 is 30.1. The maximum absolute atomic E-state index is 14.3. The van der Waals surface area contributed by atoms with Crippen molar-refractivity contribution in [2.75, 3.05) is 13.1 Å². The second-order valence-electron chi connectivity index (χ2n) is 10.0. The molecule has 0 radical (unpaired) electrons. The number of amides is 2.